The van der Waals surface area contributed by atoms with Crippen molar-refractivity contribution in [3.05, 3.63) is 11.4 Å². The molecular weight excluding hydrogens is 234 g/mol. The number of nitrogens with two attached hydrogens (primary N) is 1. The molecule has 1 aliphatic carbocycles. The predicted molar refractivity (Wildman–Crippen MR) is 69.4 cm³/mol. The summed E-state index contributed by atoms with van der Waals surface area (Å²) in [7, 11) is 0. The minimum absolute atomic E-state index is 0.467. The highest BCUT2D eigenvalue weighted by Crippen LogP contribution is 2.32. The Morgan fingerprint density at radius 1 is 1.47 bits per heavy atom. The molecule has 0 unspecified atom stereocenters. The molecule has 4 nitrogen and oxygen atoms in total. The fraction of sp³-hybridized carbons (Fsp3) is 0.667. The van der Waals surface area contributed by atoms with Gasteiger partial charge in [-0.25, -0.2) is 0 Å². The first-order chi connectivity index (χ1) is 8.27. The molecule has 1 heterocycles. The molecule has 0 aliphatic heterocycles. The Bertz CT molecular complexity index is 397. The first kappa shape index (κ1) is 12.6. The van der Waals surface area contributed by atoms with Crippen LogP contribution in [0.5, 0.6) is 0 Å². The van der Waals surface area contributed by atoms with Gasteiger partial charge in [0, 0.05) is 5.88 Å². The zero-order valence-electron chi connectivity index (χ0n) is 10.2. The van der Waals surface area contributed by atoms with Crippen LogP contribution in [0.1, 0.15) is 54.3 Å². The summed E-state index contributed by atoms with van der Waals surface area (Å²) in [5, 5.41) is 4.44. The van der Waals surface area contributed by atoms with Crippen LogP contribution in [0.3, 0.4) is 0 Å². The highest BCUT2D eigenvalue weighted by atomic mass is 32.2. The van der Waals surface area contributed by atoms with Crippen molar-refractivity contribution in [2.45, 2.75) is 50.0 Å². The van der Waals surface area contributed by atoms with Gasteiger partial charge >= 0.3 is 0 Å². The molecule has 0 bridgehead atoms. The van der Waals surface area contributed by atoms with Gasteiger partial charge in [0.25, 0.3) is 0 Å². The zero-order chi connectivity index (χ0) is 12.3. The van der Waals surface area contributed by atoms with E-state index in [0.717, 1.165) is 16.9 Å². The fourth-order valence-corrected chi connectivity index (χ4v) is 3.25. The molecule has 1 aliphatic rings. The van der Waals surface area contributed by atoms with E-state index in [2.05, 4.69) is 5.10 Å². The van der Waals surface area contributed by atoms with Crippen LogP contribution in [0.4, 0.5) is 0 Å². The van der Waals surface area contributed by atoms with Crippen molar-refractivity contribution in [1.29, 1.82) is 0 Å². The summed E-state index contributed by atoms with van der Waals surface area (Å²) in [5.41, 5.74) is 7.19. The SMILES string of the molecule is Cc1c(SCN)c(C=O)nn1C1CCCCC1. The summed E-state index contributed by atoms with van der Waals surface area (Å²) in [6.45, 7) is 2.03. The Morgan fingerprint density at radius 2 is 2.18 bits per heavy atom. The summed E-state index contributed by atoms with van der Waals surface area (Å²) in [5.74, 6) is 0.484. The molecule has 1 saturated carbocycles. The van der Waals surface area contributed by atoms with E-state index >= 15 is 0 Å². The van der Waals surface area contributed by atoms with Crippen molar-refractivity contribution in [3.8, 4) is 0 Å². The predicted octanol–water partition coefficient (Wildman–Crippen LogP) is 2.52. The van der Waals surface area contributed by atoms with Gasteiger partial charge < -0.3 is 5.73 Å². The van der Waals surface area contributed by atoms with Crippen molar-refractivity contribution < 1.29 is 4.79 Å². The molecule has 94 valence electrons. The Balaban J connectivity index is 2.30. The van der Waals surface area contributed by atoms with E-state index < -0.39 is 0 Å². The molecule has 0 spiro atoms. The van der Waals surface area contributed by atoms with Gasteiger partial charge in [-0.15, -0.1) is 11.8 Å². The standard InChI is InChI=1S/C12H19N3OS/c1-9-12(17-8-13)11(7-16)14-15(9)10-5-3-2-4-6-10/h7,10H,2-6,8,13H2,1H3. The monoisotopic (exact) mass is 253 g/mol. The molecule has 0 atom stereocenters. The van der Waals surface area contributed by atoms with E-state index in [1.807, 2.05) is 11.6 Å². The molecule has 2 rings (SSSR count). The molecular formula is C12H19N3OS. The average molecular weight is 253 g/mol. The number of thioether (sulfide) groups is 1. The number of carbonyl (C=O) groups is 1. The maximum Gasteiger partial charge on any atom is 0.171 e. The second-order valence-electron chi connectivity index (χ2n) is 4.47. The first-order valence-electron chi connectivity index (χ1n) is 6.15. The molecule has 1 aromatic heterocycles. The second kappa shape index (κ2) is 5.69. The molecule has 0 radical (unpaired) electrons. The Morgan fingerprint density at radius 3 is 2.76 bits per heavy atom. The van der Waals surface area contributed by atoms with Gasteiger partial charge in [0.05, 0.1) is 16.6 Å². The van der Waals surface area contributed by atoms with Gasteiger partial charge in [0.15, 0.2) is 6.29 Å². The number of hydrogen-bond acceptors (Lipinski definition) is 4. The summed E-state index contributed by atoms with van der Waals surface area (Å²) in [6, 6.07) is 0.467. The largest absolute Gasteiger partial charge is 0.322 e. The lowest BCUT2D eigenvalue weighted by molar-refractivity contribution is 0.111. The average Bonchev–Trinajstić information content (AvgIpc) is 2.69. The van der Waals surface area contributed by atoms with Gasteiger partial charge in [-0.1, -0.05) is 19.3 Å². The number of carbonyl (C=O) groups excluding carboxylic acids is 1. The van der Waals surface area contributed by atoms with E-state index in [4.69, 9.17) is 5.73 Å². The minimum Gasteiger partial charge on any atom is -0.322 e. The number of hydrogen-bond donors (Lipinski definition) is 1. The highest BCUT2D eigenvalue weighted by Gasteiger charge is 2.21. The summed E-state index contributed by atoms with van der Waals surface area (Å²) in [4.78, 5) is 12.0. The van der Waals surface area contributed by atoms with E-state index in [0.29, 0.717) is 17.6 Å². The minimum atomic E-state index is 0.467. The number of nitrogens with zero attached hydrogens (tertiary/aromatic N) is 2. The number of aldehydes is 1. The van der Waals surface area contributed by atoms with E-state index in [1.165, 1.54) is 43.9 Å². The Kier molecular flexibility index (Phi) is 4.23. The summed E-state index contributed by atoms with van der Waals surface area (Å²) < 4.78 is 2.04. The van der Waals surface area contributed by atoms with Crippen molar-refractivity contribution in [1.82, 2.24) is 9.78 Å². The van der Waals surface area contributed by atoms with Gasteiger partial charge in [0.2, 0.25) is 0 Å². The second-order valence-corrected chi connectivity index (χ2v) is 5.50. The molecule has 2 N–H and O–H groups in total. The van der Waals surface area contributed by atoms with Gasteiger partial charge in [-0.05, 0) is 19.8 Å². The van der Waals surface area contributed by atoms with E-state index in [9.17, 15) is 4.79 Å². The molecule has 1 fully saturated rings. The van der Waals surface area contributed by atoms with Crippen LogP contribution in [0.2, 0.25) is 0 Å². The van der Waals surface area contributed by atoms with Crippen molar-refractivity contribution in [3.63, 3.8) is 0 Å². The van der Waals surface area contributed by atoms with Crippen LogP contribution in [0, 0.1) is 6.92 Å². The first-order valence-corrected chi connectivity index (χ1v) is 7.13. The highest BCUT2D eigenvalue weighted by molar-refractivity contribution is 7.99. The lowest BCUT2D eigenvalue weighted by Gasteiger charge is -2.23. The van der Waals surface area contributed by atoms with Crippen LogP contribution >= 0.6 is 11.8 Å². The molecule has 0 amide bonds. The molecule has 0 aromatic carbocycles. The van der Waals surface area contributed by atoms with Gasteiger partial charge in [-0.2, -0.15) is 5.10 Å². The van der Waals surface area contributed by atoms with Crippen LogP contribution in [-0.4, -0.2) is 21.9 Å². The molecule has 0 saturated heterocycles. The van der Waals surface area contributed by atoms with Gasteiger partial charge in [0.1, 0.15) is 5.69 Å². The smallest absolute Gasteiger partial charge is 0.171 e. The lowest BCUT2D eigenvalue weighted by Crippen LogP contribution is -2.15. The summed E-state index contributed by atoms with van der Waals surface area (Å²) in [6.07, 6.45) is 7.03. The molecule has 17 heavy (non-hydrogen) atoms. The third kappa shape index (κ3) is 2.55. The third-order valence-electron chi connectivity index (χ3n) is 3.38. The Hall–Kier alpha value is -0.810. The quantitative estimate of drug-likeness (QED) is 0.509. The molecule has 5 heteroatoms. The van der Waals surface area contributed by atoms with E-state index in [-0.39, 0.29) is 0 Å². The van der Waals surface area contributed by atoms with Crippen LogP contribution in [0.15, 0.2) is 4.90 Å². The normalized spacial score (nSPS) is 17.3. The lowest BCUT2D eigenvalue weighted by atomic mass is 9.95. The van der Waals surface area contributed by atoms with Crippen LogP contribution < -0.4 is 5.73 Å². The number of rotatable bonds is 4. The van der Waals surface area contributed by atoms with E-state index in [1.54, 1.807) is 0 Å². The maximum absolute atomic E-state index is 11.0. The van der Waals surface area contributed by atoms with Crippen molar-refractivity contribution in [2.75, 3.05) is 5.88 Å². The topological polar surface area (TPSA) is 60.9 Å². The summed E-state index contributed by atoms with van der Waals surface area (Å²) >= 11 is 1.50. The van der Waals surface area contributed by atoms with Crippen molar-refractivity contribution in [2.24, 2.45) is 5.73 Å². The molecule has 1 aromatic rings. The van der Waals surface area contributed by atoms with Crippen LogP contribution in [0.25, 0.3) is 0 Å². The zero-order valence-corrected chi connectivity index (χ0v) is 11.0. The third-order valence-corrected chi connectivity index (χ3v) is 4.34. The van der Waals surface area contributed by atoms with Crippen LogP contribution in [-0.2, 0) is 0 Å². The number of aromatic nitrogens is 2. The Labute approximate surface area is 106 Å². The maximum atomic E-state index is 11.0. The van der Waals surface area contributed by atoms with Gasteiger partial charge in [-0.3, -0.25) is 9.48 Å². The van der Waals surface area contributed by atoms with Crippen molar-refractivity contribution >= 4 is 18.0 Å². The fourth-order valence-electron chi connectivity index (χ4n) is 2.55.